The van der Waals surface area contributed by atoms with Crippen molar-refractivity contribution in [3.63, 3.8) is 0 Å². The first-order valence-electron chi connectivity index (χ1n) is 14.4. The van der Waals surface area contributed by atoms with Gasteiger partial charge < -0.3 is 30.1 Å². The molecule has 0 aromatic heterocycles. The van der Waals surface area contributed by atoms with Gasteiger partial charge in [0.1, 0.15) is 12.2 Å². The minimum atomic E-state index is -1.10. The van der Waals surface area contributed by atoms with Gasteiger partial charge in [0.05, 0.1) is 13.2 Å². The summed E-state index contributed by atoms with van der Waals surface area (Å²) in [7, 11) is 1.98. The SMILES string of the molecule is CCc1cccc(-c2c(Cl)cccc2C(OCCNC(=O)O)C2CN(C(=O)[C@H]3CC[C@H](CNC)CC3)CCO2)c1. The van der Waals surface area contributed by atoms with Crippen LogP contribution in [-0.4, -0.2) is 74.6 Å². The molecule has 1 aliphatic heterocycles. The van der Waals surface area contributed by atoms with E-state index in [2.05, 4.69) is 29.7 Å². The van der Waals surface area contributed by atoms with E-state index in [9.17, 15) is 9.59 Å². The normalized spacial score (nSPS) is 22.1. The lowest BCUT2D eigenvalue weighted by Gasteiger charge is -2.40. The summed E-state index contributed by atoms with van der Waals surface area (Å²) in [6, 6.07) is 14.0. The van der Waals surface area contributed by atoms with Crippen LogP contribution in [0.2, 0.25) is 5.02 Å². The Morgan fingerprint density at radius 3 is 2.67 bits per heavy atom. The van der Waals surface area contributed by atoms with E-state index in [1.165, 1.54) is 5.56 Å². The lowest BCUT2D eigenvalue weighted by Crippen LogP contribution is -2.50. The van der Waals surface area contributed by atoms with Crippen molar-refractivity contribution in [1.29, 1.82) is 0 Å². The van der Waals surface area contributed by atoms with Gasteiger partial charge in [0.15, 0.2) is 0 Å². The molecule has 1 saturated carbocycles. The Kier molecular flexibility index (Phi) is 11.2. The lowest BCUT2D eigenvalue weighted by atomic mass is 9.81. The summed E-state index contributed by atoms with van der Waals surface area (Å²) in [5.74, 6) is 0.880. The molecular weight excluding hydrogens is 530 g/mol. The highest BCUT2D eigenvalue weighted by atomic mass is 35.5. The third kappa shape index (κ3) is 7.75. The predicted octanol–water partition coefficient (Wildman–Crippen LogP) is 5.15. The monoisotopic (exact) mass is 571 g/mol. The molecule has 2 aromatic rings. The van der Waals surface area contributed by atoms with Crippen LogP contribution in [0.25, 0.3) is 11.1 Å². The number of nitrogens with zero attached hydrogens (tertiary/aromatic N) is 1. The molecule has 1 aliphatic carbocycles. The van der Waals surface area contributed by atoms with Crippen molar-refractivity contribution >= 4 is 23.6 Å². The quantitative estimate of drug-likeness (QED) is 0.323. The third-order valence-electron chi connectivity index (χ3n) is 8.08. The van der Waals surface area contributed by atoms with Crippen LogP contribution in [-0.2, 0) is 20.7 Å². The Labute approximate surface area is 242 Å². The van der Waals surface area contributed by atoms with Crippen molar-refractivity contribution in [2.24, 2.45) is 11.8 Å². The van der Waals surface area contributed by atoms with Gasteiger partial charge in [0, 0.05) is 36.1 Å². The third-order valence-corrected chi connectivity index (χ3v) is 8.40. The molecule has 1 saturated heterocycles. The number of halogens is 1. The van der Waals surface area contributed by atoms with Crippen molar-refractivity contribution in [2.75, 3.05) is 46.4 Å². The summed E-state index contributed by atoms with van der Waals surface area (Å²) < 4.78 is 12.6. The van der Waals surface area contributed by atoms with Crippen molar-refractivity contribution in [3.05, 3.63) is 58.6 Å². The molecule has 40 heavy (non-hydrogen) atoms. The Hall–Kier alpha value is -2.65. The van der Waals surface area contributed by atoms with E-state index in [0.717, 1.165) is 55.3 Å². The fourth-order valence-electron chi connectivity index (χ4n) is 5.99. The van der Waals surface area contributed by atoms with Crippen LogP contribution >= 0.6 is 11.6 Å². The van der Waals surface area contributed by atoms with Gasteiger partial charge in [-0.15, -0.1) is 0 Å². The molecule has 2 unspecified atom stereocenters. The fraction of sp³-hybridized carbons (Fsp3) is 0.548. The minimum Gasteiger partial charge on any atom is -0.465 e. The average Bonchev–Trinajstić information content (AvgIpc) is 2.97. The molecule has 0 radical (unpaired) electrons. The highest BCUT2D eigenvalue weighted by molar-refractivity contribution is 6.33. The maximum absolute atomic E-state index is 13.6. The van der Waals surface area contributed by atoms with Crippen molar-refractivity contribution < 1.29 is 24.2 Å². The number of benzene rings is 2. The zero-order chi connectivity index (χ0) is 28.5. The summed E-state index contributed by atoms with van der Waals surface area (Å²) in [6.45, 7) is 4.79. The number of ether oxygens (including phenoxy) is 2. The van der Waals surface area contributed by atoms with Crippen molar-refractivity contribution in [3.8, 4) is 11.1 Å². The van der Waals surface area contributed by atoms with Gasteiger partial charge in [-0.2, -0.15) is 0 Å². The van der Waals surface area contributed by atoms with Crippen molar-refractivity contribution in [1.82, 2.24) is 15.5 Å². The summed E-state index contributed by atoms with van der Waals surface area (Å²) >= 11 is 6.80. The second-order valence-electron chi connectivity index (χ2n) is 10.8. The molecule has 2 fully saturated rings. The summed E-state index contributed by atoms with van der Waals surface area (Å²) in [5.41, 5.74) is 3.91. The number of aryl methyl sites for hydroxylation is 1. The van der Waals surface area contributed by atoms with E-state index < -0.39 is 18.3 Å². The molecule has 8 nitrogen and oxygen atoms in total. The second-order valence-corrected chi connectivity index (χ2v) is 11.2. The average molecular weight is 572 g/mol. The number of amides is 2. The van der Waals surface area contributed by atoms with E-state index in [1.54, 1.807) is 0 Å². The van der Waals surface area contributed by atoms with Gasteiger partial charge in [0.2, 0.25) is 5.91 Å². The van der Waals surface area contributed by atoms with Crippen LogP contribution < -0.4 is 10.6 Å². The zero-order valence-electron chi connectivity index (χ0n) is 23.5. The van der Waals surface area contributed by atoms with Gasteiger partial charge >= 0.3 is 6.09 Å². The summed E-state index contributed by atoms with van der Waals surface area (Å²) in [6.07, 6.45) is 2.79. The molecular formula is C31H42ClN3O5. The smallest absolute Gasteiger partial charge is 0.404 e. The standard InChI is InChI=1S/C31H42ClN3O5/c1-3-21-6-4-7-24(18-21)28-25(8-5-9-26(28)32)29(40-16-14-34-31(37)38)27-20-35(15-17-39-27)30(36)23-12-10-22(11-13-23)19-33-2/h4-9,18,22-23,27,29,33-34H,3,10-17,19-20H2,1-2H3,(H,37,38)/t22-,23-,27?,29?. The Morgan fingerprint density at radius 1 is 1.18 bits per heavy atom. The van der Waals surface area contributed by atoms with Gasteiger partial charge in [-0.3, -0.25) is 4.79 Å². The minimum absolute atomic E-state index is 0.0458. The van der Waals surface area contributed by atoms with Gasteiger partial charge in [-0.05, 0) is 74.4 Å². The Balaban J connectivity index is 1.58. The van der Waals surface area contributed by atoms with Crippen LogP contribution in [0.5, 0.6) is 0 Å². The molecule has 0 bridgehead atoms. The first-order valence-corrected chi connectivity index (χ1v) is 14.8. The van der Waals surface area contributed by atoms with E-state index in [4.69, 9.17) is 26.2 Å². The lowest BCUT2D eigenvalue weighted by molar-refractivity contribution is -0.153. The molecule has 0 spiro atoms. The number of carbonyl (C=O) groups excluding carboxylic acids is 1. The number of carbonyl (C=O) groups is 2. The maximum atomic E-state index is 13.6. The van der Waals surface area contributed by atoms with Gasteiger partial charge in [-0.1, -0.05) is 54.9 Å². The van der Waals surface area contributed by atoms with E-state index >= 15 is 0 Å². The molecule has 2 amide bonds. The molecule has 4 rings (SSSR count). The molecule has 2 atom stereocenters. The first-order chi connectivity index (χ1) is 19.4. The van der Waals surface area contributed by atoms with E-state index in [0.29, 0.717) is 30.6 Å². The number of hydrogen-bond donors (Lipinski definition) is 3. The molecule has 9 heteroatoms. The predicted molar refractivity (Wildman–Crippen MR) is 157 cm³/mol. The topological polar surface area (TPSA) is 100 Å². The number of rotatable bonds is 11. The molecule has 218 valence electrons. The van der Waals surface area contributed by atoms with Crippen molar-refractivity contribution in [2.45, 2.75) is 51.2 Å². The zero-order valence-corrected chi connectivity index (χ0v) is 24.3. The van der Waals surface area contributed by atoms with Crippen LogP contribution in [0.1, 0.15) is 49.8 Å². The van der Waals surface area contributed by atoms with Crippen LogP contribution in [0.4, 0.5) is 4.79 Å². The number of carboxylic acid groups (broad SMARTS) is 1. The maximum Gasteiger partial charge on any atom is 0.404 e. The van der Waals surface area contributed by atoms with Crippen LogP contribution in [0, 0.1) is 11.8 Å². The van der Waals surface area contributed by atoms with Gasteiger partial charge in [-0.25, -0.2) is 4.79 Å². The fourth-order valence-corrected chi connectivity index (χ4v) is 6.28. The van der Waals surface area contributed by atoms with E-state index in [1.807, 2.05) is 42.3 Å². The molecule has 2 aliphatic rings. The Bertz CT molecular complexity index is 1140. The summed E-state index contributed by atoms with van der Waals surface area (Å²) in [5, 5.41) is 15.3. The van der Waals surface area contributed by atoms with Crippen LogP contribution in [0.15, 0.2) is 42.5 Å². The summed E-state index contributed by atoms with van der Waals surface area (Å²) in [4.78, 5) is 26.6. The number of morpholine rings is 1. The molecule has 1 heterocycles. The molecule has 2 aromatic carbocycles. The van der Waals surface area contributed by atoms with E-state index in [-0.39, 0.29) is 25.0 Å². The highest BCUT2D eigenvalue weighted by Crippen LogP contribution is 2.39. The largest absolute Gasteiger partial charge is 0.465 e. The Morgan fingerprint density at radius 2 is 1.95 bits per heavy atom. The molecule has 3 N–H and O–H groups in total. The second kappa shape index (κ2) is 14.8. The van der Waals surface area contributed by atoms with Crippen LogP contribution in [0.3, 0.4) is 0 Å². The van der Waals surface area contributed by atoms with Gasteiger partial charge in [0.25, 0.3) is 0 Å². The highest BCUT2D eigenvalue weighted by Gasteiger charge is 2.36. The number of nitrogens with one attached hydrogen (secondary N) is 2. The number of hydrogen-bond acceptors (Lipinski definition) is 5. The first kappa shape index (κ1) is 30.3.